The number of hydrogen-bond donors (Lipinski definition) is 1. The second-order valence-electron chi connectivity index (χ2n) is 4.81. The van der Waals surface area contributed by atoms with E-state index in [0.29, 0.717) is 30.1 Å². The third kappa shape index (κ3) is 3.54. The highest BCUT2D eigenvalue weighted by molar-refractivity contribution is 5.95. The van der Waals surface area contributed by atoms with E-state index in [9.17, 15) is 4.79 Å². The largest absolute Gasteiger partial charge is 0.495 e. The van der Waals surface area contributed by atoms with Crippen LogP contribution in [0.25, 0.3) is 0 Å². The maximum atomic E-state index is 12.5. The Bertz CT molecular complexity index is 567. The molecular formula is C16H19NO4. The lowest BCUT2D eigenvalue weighted by atomic mass is 10.1. The van der Waals surface area contributed by atoms with Crippen LogP contribution in [0.1, 0.15) is 22.3 Å². The number of aliphatic hydroxyl groups is 1. The van der Waals surface area contributed by atoms with E-state index in [1.807, 2.05) is 0 Å². The van der Waals surface area contributed by atoms with Gasteiger partial charge in [-0.1, -0.05) is 11.8 Å². The van der Waals surface area contributed by atoms with Crippen molar-refractivity contribution in [2.24, 2.45) is 0 Å². The minimum Gasteiger partial charge on any atom is -0.495 e. The third-order valence-electron chi connectivity index (χ3n) is 3.52. The highest BCUT2D eigenvalue weighted by Crippen LogP contribution is 2.21. The molecule has 1 aliphatic heterocycles. The summed E-state index contributed by atoms with van der Waals surface area (Å²) in [6, 6.07) is 5.24. The molecule has 1 atom stereocenters. The van der Waals surface area contributed by atoms with Gasteiger partial charge in [-0.2, -0.15) is 0 Å². The molecule has 1 fully saturated rings. The third-order valence-corrected chi connectivity index (χ3v) is 3.52. The zero-order chi connectivity index (χ0) is 15.2. The Morgan fingerprint density at radius 1 is 1.57 bits per heavy atom. The van der Waals surface area contributed by atoms with Gasteiger partial charge in [0.1, 0.15) is 12.4 Å². The molecule has 112 valence electrons. The van der Waals surface area contributed by atoms with E-state index in [-0.39, 0.29) is 18.6 Å². The van der Waals surface area contributed by atoms with Crippen LogP contribution in [0.15, 0.2) is 18.2 Å². The number of aliphatic hydroxyl groups excluding tert-OH is 1. The van der Waals surface area contributed by atoms with Crippen LogP contribution in [0.5, 0.6) is 5.75 Å². The van der Waals surface area contributed by atoms with Crippen molar-refractivity contribution in [3.63, 3.8) is 0 Å². The molecule has 1 heterocycles. The van der Waals surface area contributed by atoms with E-state index in [2.05, 4.69) is 11.8 Å². The first-order chi connectivity index (χ1) is 10.2. The number of nitrogens with zero attached hydrogens (tertiary/aromatic N) is 1. The number of carbonyl (C=O) groups excluding carboxylic acids is 1. The summed E-state index contributed by atoms with van der Waals surface area (Å²) in [5.74, 6) is 5.88. The summed E-state index contributed by atoms with van der Waals surface area (Å²) in [7, 11) is 3.33. The Labute approximate surface area is 124 Å². The van der Waals surface area contributed by atoms with Crippen molar-refractivity contribution in [3.8, 4) is 17.6 Å². The molecule has 1 unspecified atom stereocenters. The number of hydrogen-bond acceptors (Lipinski definition) is 4. The average Bonchev–Trinajstić information content (AvgIpc) is 3.05. The van der Waals surface area contributed by atoms with Gasteiger partial charge in [-0.15, -0.1) is 0 Å². The predicted octanol–water partition coefficient (Wildman–Crippen LogP) is 0.900. The molecular weight excluding hydrogens is 270 g/mol. The Morgan fingerprint density at radius 3 is 3.00 bits per heavy atom. The lowest BCUT2D eigenvalue weighted by Crippen LogP contribution is -2.37. The van der Waals surface area contributed by atoms with Crippen LogP contribution >= 0.6 is 0 Å². The van der Waals surface area contributed by atoms with Crippen LogP contribution in [0, 0.1) is 11.8 Å². The van der Waals surface area contributed by atoms with Crippen LogP contribution in [0.3, 0.4) is 0 Å². The molecule has 0 bridgehead atoms. The molecule has 0 saturated carbocycles. The summed E-state index contributed by atoms with van der Waals surface area (Å²) in [6.07, 6.45) is 0.857. The van der Waals surface area contributed by atoms with Crippen molar-refractivity contribution in [2.45, 2.75) is 12.5 Å². The minimum absolute atomic E-state index is 0.0693. The van der Waals surface area contributed by atoms with Gasteiger partial charge in [0.25, 0.3) is 5.91 Å². The van der Waals surface area contributed by atoms with Gasteiger partial charge in [-0.25, -0.2) is 0 Å². The summed E-state index contributed by atoms with van der Waals surface area (Å²) in [6.45, 7) is 1.04. The molecule has 1 aromatic rings. The van der Waals surface area contributed by atoms with Crippen LogP contribution in [-0.4, -0.2) is 55.9 Å². The van der Waals surface area contributed by atoms with Crippen molar-refractivity contribution in [1.29, 1.82) is 0 Å². The Kier molecular flexibility index (Phi) is 5.20. The summed E-state index contributed by atoms with van der Waals surface area (Å²) in [4.78, 5) is 14.2. The van der Waals surface area contributed by atoms with Crippen LogP contribution in [-0.2, 0) is 4.74 Å². The van der Waals surface area contributed by atoms with Crippen molar-refractivity contribution in [2.75, 3.05) is 34.0 Å². The number of ether oxygens (including phenoxy) is 2. The zero-order valence-electron chi connectivity index (χ0n) is 12.3. The van der Waals surface area contributed by atoms with Crippen LogP contribution in [0.4, 0.5) is 0 Å². The van der Waals surface area contributed by atoms with E-state index in [0.717, 1.165) is 6.42 Å². The van der Waals surface area contributed by atoms with Gasteiger partial charge in [0, 0.05) is 19.2 Å². The van der Waals surface area contributed by atoms with Crippen molar-refractivity contribution in [1.82, 2.24) is 4.90 Å². The number of methoxy groups -OCH3 is 1. The van der Waals surface area contributed by atoms with Gasteiger partial charge >= 0.3 is 0 Å². The van der Waals surface area contributed by atoms with Crippen molar-refractivity contribution < 1.29 is 19.4 Å². The molecule has 1 aliphatic rings. The molecule has 0 aromatic heterocycles. The van der Waals surface area contributed by atoms with Crippen molar-refractivity contribution in [3.05, 3.63) is 29.3 Å². The summed E-state index contributed by atoms with van der Waals surface area (Å²) >= 11 is 0. The fourth-order valence-electron chi connectivity index (χ4n) is 2.27. The first-order valence-electron chi connectivity index (χ1n) is 6.80. The van der Waals surface area contributed by atoms with E-state index < -0.39 is 0 Å². The van der Waals surface area contributed by atoms with E-state index in [1.54, 1.807) is 37.3 Å². The second-order valence-corrected chi connectivity index (χ2v) is 4.81. The van der Waals surface area contributed by atoms with E-state index in [1.165, 1.54) is 0 Å². The molecule has 0 aliphatic carbocycles. The Balaban J connectivity index is 2.24. The van der Waals surface area contributed by atoms with Gasteiger partial charge in [-0.3, -0.25) is 4.79 Å². The quantitative estimate of drug-likeness (QED) is 0.840. The summed E-state index contributed by atoms with van der Waals surface area (Å²) in [5, 5.41) is 8.80. The van der Waals surface area contributed by atoms with E-state index >= 15 is 0 Å². The number of benzene rings is 1. The smallest absolute Gasteiger partial charge is 0.253 e. The van der Waals surface area contributed by atoms with Gasteiger partial charge in [0.15, 0.2) is 0 Å². The second kappa shape index (κ2) is 7.11. The first-order valence-corrected chi connectivity index (χ1v) is 6.80. The van der Waals surface area contributed by atoms with Crippen molar-refractivity contribution >= 4 is 5.91 Å². The number of likely N-dealkylation sites (N-methyl/N-ethyl adjacent to an activating group) is 1. The molecule has 1 amide bonds. The van der Waals surface area contributed by atoms with E-state index in [4.69, 9.17) is 14.6 Å². The van der Waals surface area contributed by atoms with Gasteiger partial charge < -0.3 is 19.5 Å². The highest BCUT2D eigenvalue weighted by Gasteiger charge is 2.25. The number of amides is 1. The number of rotatable bonds is 3. The SMILES string of the molecule is COc1ccc(C(=O)N(C)C2CCOC2)cc1C#CCO. The molecule has 1 N–H and O–H groups in total. The zero-order valence-corrected chi connectivity index (χ0v) is 12.3. The molecule has 2 rings (SSSR count). The Hall–Kier alpha value is -2.03. The molecule has 0 spiro atoms. The standard InChI is InChI=1S/C16H19NO4/c1-17(14-7-9-21-11-14)16(19)13-5-6-15(20-2)12(10-13)4-3-8-18/h5-6,10,14,18H,7-9,11H2,1-2H3. The predicted molar refractivity (Wildman–Crippen MR) is 78.3 cm³/mol. The molecule has 1 aromatic carbocycles. The molecule has 21 heavy (non-hydrogen) atoms. The Morgan fingerprint density at radius 2 is 2.38 bits per heavy atom. The van der Waals surface area contributed by atoms with Crippen LogP contribution < -0.4 is 4.74 Å². The molecule has 0 radical (unpaired) electrons. The summed E-state index contributed by atoms with van der Waals surface area (Å²) < 4.78 is 10.5. The minimum atomic E-state index is -0.235. The lowest BCUT2D eigenvalue weighted by Gasteiger charge is -2.23. The van der Waals surface area contributed by atoms with Gasteiger partial charge in [0.2, 0.25) is 0 Å². The first kappa shape index (κ1) is 15.4. The summed E-state index contributed by atoms with van der Waals surface area (Å²) in [5.41, 5.74) is 1.14. The van der Waals surface area contributed by atoms with Gasteiger partial charge in [0.05, 0.1) is 25.3 Å². The number of carbonyl (C=O) groups is 1. The fraction of sp³-hybridized carbons (Fsp3) is 0.438. The fourth-order valence-corrected chi connectivity index (χ4v) is 2.27. The molecule has 5 heteroatoms. The average molecular weight is 289 g/mol. The van der Waals surface area contributed by atoms with Crippen LogP contribution in [0.2, 0.25) is 0 Å². The highest BCUT2D eigenvalue weighted by atomic mass is 16.5. The molecule has 1 saturated heterocycles. The molecule has 5 nitrogen and oxygen atoms in total. The normalized spacial score (nSPS) is 17.0. The van der Waals surface area contributed by atoms with Gasteiger partial charge in [-0.05, 0) is 24.6 Å². The maximum absolute atomic E-state index is 12.5. The maximum Gasteiger partial charge on any atom is 0.253 e. The monoisotopic (exact) mass is 289 g/mol. The lowest BCUT2D eigenvalue weighted by molar-refractivity contribution is 0.0711. The topological polar surface area (TPSA) is 59.0 Å².